The van der Waals surface area contributed by atoms with E-state index in [2.05, 4.69) is 4.98 Å². The number of carboxylic acids is 1. The van der Waals surface area contributed by atoms with Gasteiger partial charge in [0.05, 0.1) is 6.42 Å². The van der Waals surface area contributed by atoms with E-state index in [0.717, 1.165) is 0 Å². The first kappa shape index (κ1) is 11.9. The zero-order chi connectivity index (χ0) is 12.3. The molecular weight excluding hydrogens is 262 g/mol. The van der Waals surface area contributed by atoms with E-state index >= 15 is 0 Å². The van der Waals surface area contributed by atoms with Crippen molar-refractivity contribution in [3.8, 4) is 10.9 Å². The summed E-state index contributed by atoms with van der Waals surface area (Å²) in [4.78, 5) is 14.5. The van der Waals surface area contributed by atoms with Crippen molar-refractivity contribution in [1.82, 2.24) is 4.98 Å². The number of aliphatic carboxylic acids is 1. The molecular formula is C11H8ClNO3S. The average Bonchev–Trinajstić information content (AvgIpc) is 2.63. The minimum Gasteiger partial charge on any atom is -0.481 e. The molecule has 17 heavy (non-hydrogen) atoms. The molecule has 2 rings (SSSR count). The summed E-state index contributed by atoms with van der Waals surface area (Å²) in [7, 11) is 0. The lowest BCUT2D eigenvalue weighted by Gasteiger charge is -2.03. The average molecular weight is 270 g/mol. The third kappa shape index (κ3) is 3.44. The second-order valence-corrected chi connectivity index (χ2v) is 4.46. The van der Waals surface area contributed by atoms with Crippen LogP contribution in [0.2, 0.25) is 5.15 Å². The molecule has 88 valence electrons. The third-order valence-corrected chi connectivity index (χ3v) is 2.95. The number of carboxylic acid groups (broad SMARTS) is 1. The Bertz CT molecular complexity index is 541. The molecule has 0 aliphatic carbocycles. The predicted octanol–water partition coefficient (Wildman–Crippen LogP) is 3.22. The molecule has 1 N–H and O–H groups in total. The van der Waals surface area contributed by atoms with E-state index < -0.39 is 5.97 Å². The van der Waals surface area contributed by atoms with Gasteiger partial charge in [0.1, 0.15) is 10.9 Å². The third-order valence-electron chi connectivity index (χ3n) is 1.91. The highest BCUT2D eigenvalue weighted by Crippen LogP contribution is 2.27. The Morgan fingerprint density at radius 2 is 2.35 bits per heavy atom. The van der Waals surface area contributed by atoms with Gasteiger partial charge in [0, 0.05) is 5.38 Å². The monoisotopic (exact) mass is 269 g/mol. The summed E-state index contributed by atoms with van der Waals surface area (Å²) >= 11 is 6.95. The quantitative estimate of drug-likeness (QED) is 0.926. The normalized spacial score (nSPS) is 10.2. The zero-order valence-electron chi connectivity index (χ0n) is 8.59. The van der Waals surface area contributed by atoms with Crippen LogP contribution in [0.1, 0.15) is 5.56 Å². The number of rotatable bonds is 4. The minimum atomic E-state index is -0.876. The molecule has 1 heterocycles. The van der Waals surface area contributed by atoms with Gasteiger partial charge in [0.25, 0.3) is 5.19 Å². The Kier molecular flexibility index (Phi) is 3.61. The van der Waals surface area contributed by atoms with Crippen molar-refractivity contribution in [2.24, 2.45) is 0 Å². The SMILES string of the molecule is O=C(O)Cc1cccc(Oc2nc(Cl)cs2)c1. The van der Waals surface area contributed by atoms with E-state index in [1.54, 1.807) is 29.6 Å². The molecule has 1 aromatic heterocycles. The number of hydrogen-bond donors (Lipinski definition) is 1. The summed E-state index contributed by atoms with van der Waals surface area (Å²) in [5, 5.41) is 11.2. The summed E-state index contributed by atoms with van der Waals surface area (Å²) in [5.74, 6) is -0.325. The molecule has 0 fully saturated rings. The van der Waals surface area contributed by atoms with Crippen LogP contribution in [0.25, 0.3) is 0 Å². The standard InChI is InChI=1S/C11H8ClNO3S/c12-9-6-17-11(13-9)16-8-3-1-2-7(4-8)5-10(14)15/h1-4,6H,5H2,(H,14,15). The number of nitrogens with zero attached hydrogens (tertiary/aromatic N) is 1. The molecule has 0 radical (unpaired) electrons. The van der Waals surface area contributed by atoms with Crippen LogP contribution in [0.5, 0.6) is 10.9 Å². The van der Waals surface area contributed by atoms with Crippen molar-refractivity contribution >= 4 is 28.9 Å². The van der Waals surface area contributed by atoms with Crippen LogP contribution in [0.15, 0.2) is 29.6 Å². The maximum Gasteiger partial charge on any atom is 0.307 e. The number of thiazole rings is 1. The number of hydrogen-bond acceptors (Lipinski definition) is 4. The van der Waals surface area contributed by atoms with Gasteiger partial charge in [-0.1, -0.05) is 35.1 Å². The second-order valence-electron chi connectivity index (χ2n) is 3.26. The van der Waals surface area contributed by atoms with Crippen LogP contribution >= 0.6 is 22.9 Å². The van der Waals surface area contributed by atoms with Gasteiger partial charge in [-0.15, -0.1) is 0 Å². The highest BCUT2D eigenvalue weighted by atomic mass is 35.5. The molecule has 2 aromatic rings. The lowest BCUT2D eigenvalue weighted by Crippen LogP contribution is -1.99. The van der Waals surface area contributed by atoms with Gasteiger partial charge in [0.2, 0.25) is 0 Å². The maximum atomic E-state index is 10.6. The van der Waals surface area contributed by atoms with Crippen LogP contribution in [-0.4, -0.2) is 16.1 Å². The molecule has 0 bridgehead atoms. The van der Waals surface area contributed by atoms with Gasteiger partial charge in [-0.3, -0.25) is 4.79 Å². The molecule has 0 saturated carbocycles. The van der Waals surface area contributed by atoms with Crippen LogP contribution in [0, 0.1) is 0 Å². The van der Waals surface area contributed by atoms with Crippen molar-refractivity contribution in [2.75, 3.05) is 0 Å². The van der Waals surface area contributed by atoms with Gasteiger partial charge in [-0.05, 0) is 17.7 Å². The Balaban J connectivity index is 2.13. The first-order valence-corrected chi connectivity index (χ1v) is 5.99. The Labute approximate surface area is 106 Å². The van der Waals surface area contributed by atoms with E-state index in [1.165, 1.54) is 11.3 Å². The molecule has 0 aliphatic rings. The molecule has 4 nitrogen and oxygen atoms in total. The summed E-state index contributed by atoms with van der Waals surface area (Å²) in [6.07, 6.45) is -0.0319. The highest BCUT2D eigenvalue weighted by molar-refractivity contribution is 7.11. The zero-order valence-corrected chi connectivity index (χ0v) is 10.2. The highest BCUT2D eigenvalue weighted by Gasteiger charge is 2.05. The van der Waals surface area contributed by atoms with Crippen molar-refractivity contribution < 1.29 is 14.6 Å². The van der Waals surface area contributed by atoms with Crippen LogP contribution in [0.4, 0.5) is 0 Å². The topological polar surface area (TPSA) is 59.4 Å². The van der Waals surface area contributed by atoms with Crippen LogP contribution in [0.3, 0.4) is 0 Å². The van der Waals surface area contributed by atoms with Crippen molar-refractivity contribution in [3.05, 3.63) is 40.4 Å². The summed E-state index contributed by atoms with van der Waals surface area (Å²) < 4.78 is 5.45. The number of ether oxygens (including phenoxy) is 1. The maximum absolute atomic E-state index is 10.6. The fourth-order valence-electron chi connectivity index (χ4n) is 1.28. The van der Waals surface area contributed by atoms with Crippen molar-refractivity contribution in [1.29, 1.82) is 0 Å². The molecule has 6 heteroatoms. The van der Waals surface area contributed by atoms with Crippen LogP contribution in [-0.2, 0) is 11.2 Å². The fraction of sp³-hybridized carbons (Fsp3) is 0.0909. The van der Waals surface area contributed by atoms with Gasteiger partial charge >= 0.3 is 5.97 Å². The lowest BCUT2D eigenvalue weighted by atomic mass is 10.1. The Morgan fingerprint density at radius 1 is 1.53 bits per heavy atom. The Morgan fingerprint density at radius 3 is 3.00 bits per heavy atom. The van der Waals surface area contributed by atoms with Gasteiger partial charge in [-0.2, -0.15) is 4.98 Å². The summed E-state index contributed by atoms with van der Waals surface area (Å²) in [5.41, 5.74) is 0.678. The molecule has 0 saturated heterocycles. The summed E-state index contributed by atoms with van der Waals surface area (Å²) in [6, 6.07) is 6.88. The van der Waals surface area contributed by atoms with E-state index in [4.69, 9.17) is 21.4 Å². The smallest absolute Gasteiger partial charge is 0.307 e. The molecule has 0 aliphatic heterocycles. The molecule has 0 spiro atoms. The molecule has 0 unspecified atom stereocenters. The number of halogens is 1. The molecule has 0 atom stereocenters. The first-order valence-electron chi connectivity index (χ1n) is 4.73. The van der Waals surface area contributed by atoms with E-state index in [0.29, 0.717) is 21.7 Å². The van der Waals surface area contributed by atoms with Crippen molar-refractivity contribution in [2.45, 2.75) is 6.42 Å². The molecule has 1 aromatic carbocycles. The van der Waals surface area contributed by atoms with Gasteiger partial charge in [0.15, 0.2) is 0 Å². The number of carbonyl (C=O) groups is 1. The minimum absolute atomic E-state index is 0.0319. The fourth-order valence-corrected chi connectivity index (χ4v) is 2.09. The lowest BCUT2D eigenvalue weighted by molar-refractivity contribution is -0.136. The second kappa shape index (κ2) is 5.16. The predicted molar refractivity (Wildman–Crippen MR) is 65.0 cm³/mol. The van der Waals surface area contributed by atoms with Crippen molar-refractivity contribution in [3.63, 3.8) is 0 Å². The summed E-state index contributed by atoms with van der Waals surface area (Å²) in [6.45, 7) is 0. The van der Waals surface area contributed by atoms with Crippen LogP contribution < -0.4 is 4.74 Å². The number of aromatic nitrogens is 1. The largest absolute Gasteiger partial charge is 0.481 e. The molecule has 0 amide bonds. The van der Waals surface area contributed by atoms with Gasteiger partial charge in [-0.25, -0.2) is 0 Å². The Hall–Kier alpha value is -1.59. The van der Waals surface area contributed by atoms with E-state index in [1.807, 2.05) is 0 Å². The first-order chi connectivity index (χ1) is 8.13. The van der Waals surface area contributed by atoms with E-state index in [-0.39, 0.29) is 6.42 Å². The van der Waals surface area contributed by atoms with Gasteiger partial charge < -0.3 is 9.84 Å². The number of benzene rings is 1. The van der Waals surface area contributed by atoms with E-state index in [9.17, 15) is 4.79 Å².